The summed E-state index contributed by atoms with van der Waals surface area (Å²) in [5.41, 5.74) is 6.15. The zero-order chi connectivity index (χ0) is 16.7. The van der Waals surface area contributed by atoms with Crippen LogP contribution in [-0.2, 0) is 16.0 Å². The van der Waals surface area contributed by atoms with Gasteiger partial charge >= 0.3 is 0 Å². The Hall–Kier alpha value is -2.24. The highest BCUT2D eigenvalue weighted by molar-refractivity contribution is 5.84. The molecule has 0 fully saturated rings. The van der Waals surface area contributed by atoms with E-state index >= 15 is 0 Å². The van der Waals surface area contributed by atoms with Gasteiger partial charge in [-0.2, -0.15) is 0 Å². The fraction of sp³-hybridized carbons (Fsp3) is 0.500. The third kappa shape index (κ3) is 4.95. The quantitative estimate of drug-likeness (QED) is 0.786. The first-order chi connectivity index (χ1) is 10.4. The standard InChI is InChI=1S/C16H24N2O4/c1-11(2)18(10-15(17)19)16(20)8-6-12-5-7-13(21-3)14(9-12)22-4/h5,7,9,11H,6,8,10H2,1-4H3,(H2,17,19). The Morgan fingerprint density at radius 2 is 1.82 bits per heavy atom. The van der Waals surface area contributed by atoms with E-state index < -0.39 is 5.91 Å². The fourth-order valence-electron chi connectivity index (χ4n) is 2.16. The van der Waals surface area contributed by atoms with Gasteiger partial charge in [0.15, 0.2) is 11.5 Å². The maximum atomic E-state index is 12.2. The third-order valence-electron chi connectivity index (χ3n) is 3.35. The zero-order valence-corrected chi connectivity index (χ0v) is 13.6. The minimum atomic E-state index is -0.506. The topological polar surface area (TPSA) is 81.9 Å². The molecule has 0 atom stereocenters. The van der Waals surface area contributed by atoms with Gasteiger partial charge < -0.3 is 20.1 Å². The number of hydrogen-bond donors (Lipinski definition) is 1. The van der Waals surface area contributed by atoms with E-state index in [1.807, 2.05) is 32.0 Å². The number of ether oxygens (including phenoxy) is 2. The van der Waals surface area contributed by atoms with Gasteiger partial charge in [-0.05, 0) is 38.0 Å². The van der Waals surface area contributed by atoms with Gasteiger partial charge in [-0.25, -0.2) is 0 Å². The fourth-order valence-corrected chi connectivity index (χ4v) is 2.16. The van der Waals surface area contributed by atoms with Gasteiger partial charge in [0.25, 0.3) is 0 Å². The number of nitrogens with two attached hydrogens (primary N) is 1. The molecule has 0 aliphatic rings. The van der Waals surface area contributed by atoms with E-state index in [0.717, 1.165) is 5.56 Å². The highest BCUT2D eigenvalue weighted by atomic mass is 16.5. The van der Waals surface area contributed by atoms with Crippen LogP contribution in [0, 0.1) is 0 Å². The molecule has 2 amide bonds. The summed E-state index contributed by atoms with van der Waals surface area (Å²) in [7, 11) is 3.14. The van der Waals surface area contributed by atoms with Gasteiger partial charge in [-0.15, -0.1) is 0 Å². The van der Waals surface area contributed by atoms with E-state index in [0.29, 0.717) is 24.3 Å². The Morgan fingerprint density at radius 1 is 1.18 bits per heavy atom. The summed E-state index contributed by atoms with van der Waals surface area (Å²) in [6, 6.07) is 5.48. The molecule has 0 unspecified atom stereocenters. The van der Waals surface area contributed by atoms with Gasteiger partial charge in [-0.3, -0.25) is 9.59 Å². The molecule has 6 nitrogen and oxygen atoms in total. The number of carbonyl (C=O) groups is 2. The van der Waals surface area contributed by atoms with Crippen LogP contribution in [0.1, 0.15) is 25.8 Å². The average molecular weight is 308 g/mol. The molecule has 0 saturated heterocycles. The first-order valence-electron chi connectivity index (χ1n) is 7.17. The van der Waals surface area contributed by atoms with E-state index in [2.05, 4.69) is 0 Å². The molecule has 122 valence electrons. The molecule has 0 heterocycles. The third-order valence-corrected chi connectivity index (χ3v) is 3.35. The molecule has 6 heteroatoms. The SMILES string of the molecule is COc1ccc(CCC(=O)N(CC(N)=O)C(C)C)cc1OC. The van der Waals surface area contributed by atoms with Crippen LogP contribution in [0.4, 0.5) is 0 Å². The molecule has 0 aromatic heterocycles. The molecule has 0 bridgehead atoms. The molecule has 0 aliphatic heterocycles. The summed E-state index contributed by atoms with van der Waals surface area (Å²) in [5.74, 6) is 0.678. The van der Waals surface area contributed by atoms with Crippen LogP contribution in [0.25, 0.3) is 0 Å². The molecule has 0 saturated carbocycles. The first kappa shape index (κ1) is 17.8. The second-order valence-corrected chi connectivity index (χ2v) is 5.27. The van der Waals surface area contributed by atoms with E-state index in [9.17, 15) is 9.59 Å². The van der Waals surface area contributed by atoms with Gasteiger partial charge in [0.1, 0.15) is 0 Å². The van der Waals surface area contributed by atoms with Gasteiger partial charge in [0.05, 0.1) is 20.8 Å². The summed E-state index contributed by atoms with van der Waals surface area (Å²) in [4.78, 5) is 24.8. The number of amides is 2. The number of methoxy groups -OCH3 is 2. The van der Waals surface area contributed by atoms with Crippen molar-refractivity contribution in [2.45, 2.75) is 32.7 Å². The highest BCUT2D eigenvalue weighted by Gasteiger charge is 2.18. The van der Waals surface area contributed by atoms with Crippen molar-refractivity contribution in [1.82, 2.24) is 4.90 Å². The molecular formula is C16H24N2O4. The summed E-state index contributed by atoms with van der Waals surface area (Å²) in [5, 5.41) is 0. The number of rotatable bonds is 8. The lowest BCUT2D eigenvalue weighted by atomic mass is 10.1. The number of benzene rings is 1. The average Bonchev–Trinajstić information content (AvgIpc) is 2.49. The van der Waals surface area contributed by atoms with Crippen LogP contribution in [0.5, 0.6) is 11.5 Å². The van der Waals surface area contributed by atoms with Crippen molar-refractivity contribution in [3.05, 3.63) is 23.8 Å². The predicted molar refractivity (Wildman–Crippen MR) is 83.9 cm³/mol. The molecule has 0 spiro atoms. The van der Waals surface area contributed by atoms with E-state index in [4.69, 9.17) is 15.2 Å². The molecule has 22 heavy (non-hydrogen) atoms. The number of hydrogen-bond acceptors (Lipinski definition) is 4. The Balaban J connectivity index is 2.72. The van der Waals surface area contributed by atoms with Crippen LogP contribution >= 0.6 is 0 Å². The number of primary amides is 1. The van der Waals surface area contributed by atoms with Crippen molar-refractivity contribution in [2.75, 3.05) is 20.8 Å². The summed E-state index contributed by atoms with van der Waals surface area (Å²) < 4.78 is 10.4. The van der Waals surface area contributed by atoms with Gasteiger partial charge in [-0.1, -0.05) is 6.07 Å². The smallest absolute Gasteiger partial charge is 0.237 e. The molecule has 0 aliphatic carbocycles. The Labute approximate surface area is 131 Å². The van der Waals surface area contributed by atoms with Crippen molar-refractivity contribution >= 4 is 11.8 Å². The van der Waals surface area contributed by atoms with Crippen LogP contribution in [-0.4, -0.2) is 43.5 Å². The highest BCUT2D eigenvalue weighted by Crippen LogP contribution is 2.28. The zero-order valence-electron chi connectivity index (χ0n) is 13.6. The Morgan fingerprint density at radius 3 is 2.32 bits per heavy atom. The van der Waals surface area contributed by atoms with Gasteiger partial charge in [0.2, 0.25) is 11.8 Å². The van der Waals surface area contributed by atoms with Crippen LogP contribution in [0.3, 0.4) is 0 Å². The Bertz CT molecular complexity index is 529. The number of carbonyl (C=O) groups excluding carboxylic acids is 2. The minimum absolute atomic E-state index is 0.0531. The number of nitrogens with zero attached hydrogens (tertiary/aromatic N) is 1. The number of aryl methyl sites for hydroxylation is 1. The predicted octanol–water partition coefficient (Wildman–Crippen LogP) is 1.36. The molecule has 1 rings (SSSR count). The normalized spacial score (nSPS) is 10.4. The lowest BCUT2D eigenvalue weighted by Crippen LogP contribution is -2.42. The van der Waals surface area contributed by atoms with E-state index in [-0.39, 0.29) is 18.5 Å². The van der Waals surface area contributed by atoms with Crippen LogP contribution in [0.15, 0.2) is 18.2 Å². The largest absolute Gasteiger partial charge is 0.493 e. The van der Waals surface area contributed by atoms with Crippen molar-refractivity contribution in [3.8, 4) is 11.5 Å². The van der Waals surface area contributed by atoms with Crippen LogP contribution < -0.4 is 15.2 Å². The minimum Gasteiger partial charge on any atom is -0.493 e. The van der Waals surface area contributed by atoms with Crippen molar-refractivity contribution < 1.29 is 19.1 Å². The monoisotopic (exact) mass is 308 g/mol. The van der Waals surface area contributed by atoms with Crippen molar-refractivity contribution in [2.24, 2.45) is 5.73 Å². The van der Waals surface area contributed by atoms with Gasteiger partial charge in [0, 0.05) is 12.5 Å². The second-order valence-electron chi connectivity index (χ2n) is 5.27. The Kier molecular flexibility index (Phi) is 6.69. The summed E-state index contributed by atoms with van der Waals surface area (Å²) in [6.07, 6.45) is 0.863. The molecular weight excluding hydrogens is 284 g/mol. The van der Waals surface area contributed by atoms with E-state index in [1.165, 1.54) is 4.90 Å². The van der Waals surface area contributed by atoms with Crippen LogP contribution in [0.2, 0.25) is 0 Å². The second kappa shape index (κ2) is 8.26. The van der Waals surface area contributed by atoms with Crippen molar-refractivity contribution in [1.29, 1.82) is 0 Å². The lowest BCUT2D eigenvalue weighted by molar-refractivity contribution is -0.136. The first-order valence-corrected chi connectivity index (χ1v) is 7.17. The molecule has 1 aromatic carbocycles. The lowest BCUT2D eigenvalue weighted by Gasteiger charge is -2.25. The van der Waals surface area contributed by atoms with E-state index in [1.54, 1.807) is 14.2 Å². The summed E-state index contributed by atoms with van der Waals surface area (Å²) >= 11 is 0. The molecule has 0 radical (unpaired) electrons. The summed E-state index contributed by atoms with van der Waals surface area (Å²) in [6.45, 7) is 3.66. The molecule has 1 aromatic rings. The maximum absolute atomic E-state index is 12.2. The van der Waals surface area contributed by atoms with Crippen molar-refractivity contribution in [3.63, 3.8) is 0 Å². The molecule has 2 N–H and O–H groups in total. The maximum Gasteiger partial charge on any atom is 0.237 e.